The van der Waals surface area contributed by atoms with Crippen molar-refractivity contribution in [1.29, 1.82) is 0 Å². The summed E-state index contributed by atoms with van der Waals surface area (Å²) in [5, 5.41) is 0. The Kier molecular flexibility index (Phi) is 5.32. The zero-order valence-corrected chi connectivity index (χ0v) is 13.9. The Hall–Kier alpha value is -2.15. The van der Waals surface area contributed by atoms with Gasteiger partial charge in [0, 0.05) is 5.56 Å². The zero-order chi connectivity index (χ0) is 16.1. The van der Waals surface area contributed by atoms with Crippen molar-refractivity contribution in [2.45, 2.75) is 40.5 Å². The minimum absolute atomic E-state index is 0.112. The smallest absolute Gasteiger partial charge is 0.159 e. The third-order valence-electron chi connectivity index (χ3n) is 4.10. The molecule has 0 radical (unpaired) electrons. The van der Waals surface area contributed by atoms with Crippen molar-refractivity contribution >= 4 is 17.4 Å². The summed E-state index contributed by atoms with van der Waals surface area (Å²) in [6.45, 7) is 8.09. The van der Waals surface area contributed by atoms with Crippen molar-refractivity contribution in [1.82, 2.24) is 0 Å². The highest BCUT2D eigenvalue weighted by Crippen LogP contribution is 2.24. The molecule has 22 heavy (non-hydrogen) atoms. The van der Waals surface area contributed by atoms with Crippen LogP contribution in [0.15, 0.2) is 42.5 Å². The largest absolute Gasteiger partial charge is 0.295 e. The molecule has 0 bridgehead atoms. The summed E-state index contributed by atoms with van der Waals surface area (Å²) in [5.74, 6) is 0.112. The highest BCUT2D eigenvalue weighted by atomic mass is 16.1. The quantitative estimate of drug-likeness (QED) is 0.509. The SMILES string of the molecule is CCC(=Cc1cc(CC)ccc1C)c1cccc(C(C)=O)c1. The monoisotopic (exact) mass is 292 g/mol. The van der Waals surface area contributed by atoms with Crippen LogP contribution >= 0.6 is 0 Å². The van der Waals surface area contributed by atoms with Crippen molar-refractivity contribution in [2.24, 2.45) is 0 Å². The number of aryl methyl sites for hydroxylation is 2. The number of hydrogen-bond donors (Lipinski definition) is 0. The molecule has 0 unspecified atom stereocenters. The first kappa shape index (κ1) is 16.2. The van der Waals surface area contributed by atoms with Gasteiger partial charge in [-0.3, -0.25) is 4.79 Å². The van der Waals surface area contributed by atoms with E-state index in [2.05, 4.69) is 51.1 Å². The lowest BCUT2D eigenvalue weighted by Gasteiger charge is -2.10. The third-order valence-corrected chi connectivity index (χ3v) is 4.10. The van der Waals surface area contributed by atoms with Crippen LogP contribution in [0.3, 0.4) is 0 Å². The number of carbonyl (C=O) groups excluding carboxylic acids is 1. The maximum absolute atomic E-state index is 11.6. The molecule has 0 amide bonds. The van der Waals surface area contributed by atoms with E-state index in [1.54, 1.807) is 6.92 Å². The third kappa shape index (κ3) is 3.73. The molecular formula is C21H24O. The van der Waals surface area contributed by atoms with Gasteiger partial charge in [0.15, 0.2) is 5.78 Å². The lowest BCUT2D eigenvalue weighted by molar-refractivity contribution is 0.101. The van der Waals surface area contributed by atoms with Crippen molar-refractivity contribution in [3.05, 3.63) is 70.3 Å². The maximum Gasteiger partial charge on any atom is 0.159 e. The Balaban J connectivity index is 2.47. The standard InChI is InChI=1S/C21H24O/c1-5-17-11-10-15(3)21(12-17)13-18(6-2)20-9-7-8-19(14-20)16(4)22/h7-14H,5-6H2,1-4H3. The Morgan fingerprint density at radius 3 is 2.41 bits per heavy atom. The molecule has 0 aliphatic heterocycles. The van der Waals surface area contributed by atoms with Gasteiger partial charge in [0.25, 0.3) is 0 Å². The average Bonchev–Trinajstić information content (AvgIpc) is 2.54. The van der Waals surface area contributed by atoms with E-state index in [-0.39, 0.29) is 5.78 Å². The maximum atomic E-state index is 11.6. The van der Waals surface area contributed by atoms with Crippen LogP contribution in [0, 0.1) is 6.92 Å². The van der Waals surface area contributed by atoms with Gasteiger partial charge in [-0.05, 0) is 60.6 Å². The first-order valence-electron chi connectivity index (χ1n) is 7.96. The van der Waals surface area contributed by atoms with E-state index in [1.165, 1.54) is 22.3 Å². The Morgan fingerprint density at radius 2 is 1.77 bits per heavy atom. The number of benzene rings is 2. The second-order valence-corrected chi connectivity index (χ2v) is 5.70. The number of Topliss-reactive ketones (excluding diaryl/α,β-unsaturated/α-hetero) is 1. The van der Waals surface area contributed by atoms with Crippen molar-refractivity contribution in [3.8, 4) is 0 Å². The summed E-state index contributed by atoms with van der Waals surface area (Å²) in [7, 11) is 0. The van der Waals surface area contributed by atoms with Crippen LogP contribution in [0.4, 0.5) is 0 Å². The molecule has 0 heterocycles. The molecule has 2 aromatic carbocycles. The van der Waals surface area contributed by atoms with Gasteiger partial charge >= 0.3 is 0 Å². The molecule has 0 fully saturated rings. The van der Waals surface area contributed by atoms with Crippen LogP contribution in [0.5, 0.6) is 0 Å². The predicted molar refractivity (Wildman–Crippen MR) is 95.2 cm³/mol. The van der Waals surface area contributed by atoms with Crippen molar-refractivity contribution < 1.29 is 4.79 Å². The van der Waals surface area contributed by atoms with Gasteiger partial charge in [0.1, 0.15) is 0 Å². The van der Waals surface area contributed by atoms with Gasteiger partial charge < -0.3 is 0 Å². The van der Waals surface area contributed by atoms with E-state index in [0.29, 0.717) is 0 Å². The first-order chi connectivity index (χ1) is 10.5. The van der Waals surface area contributed by atoms with Gasteiger partial charge in [-0.15, -0.1) is 0 Å². The van der Waals surface area contributed by atoms with Crippen LogP contribution in [0.2, 0.25) is 0 Å². The minimum Gasteiger partial charge on any atom is -0.295 e. The van der Waals surface area contributed by atoms with Gasteiger partial charge in [-0.25, -0.2) is 0 Å². The fraction of sp³-hybridized carbons (Fsp3) is 0.286. The molecule has 1 heteroatoms. The van der Waals surface area contributed by atoms with Crippen molar-refractivity contribution in [3.63, 3.8) is 0 Å². The van der Waals surface area contributed by atoms with E-state index < -0.39 is 0 Å². The van der Waals surface area contributed by atoms with Crippen LogP contribution in [0.1, 0.15) is 59.8 Å². The van der Waals surface area contributed by atoms with E-state index >= 15 is 0 Å². The number of carbonyl (C=O) groups is 1. The summed E-state index contributed by atoms with van der Waals surface area (Å²) in [6, 6.07) is 14.6. The molecule has 0 aromatic heterocycles. The second-order valence-electron chi connectivity index (χ2n) is 5.70. The summed E-state index contributed by atoms with van der Waals surface area (Å²) < 4.78 is 0. The Bertz CT molecular complexity index is 708. The number of hydrogen-bond acceptors (Lipinski definition) is 1. The summed E-state index contributed by atoms with van der Waals surface area (Å²) in [6.07, 6.45) is 4.24. The highest BCUT2D eigenvalue weighted by molar-refractivity contribution is 5.95. The molecule has 0 atom stereocenters. The molecule has 114 valence electrons. The van der Waals surface area contributed by atoms with Gasteiger partial charge in [0.05, 0.1) is 0 Å². The van der Waals surface area contributed by atoms with Crippen molar-refractivity contribution in [2.75, 3.05) is 0 Å². The Morgan fingerprint density at radius 1 is 1.05 bits per heavy atom. The van der Waals surface area contributed by atoms with Crippen LogP contribution in [0.25, 0.3) is 11.6 Å². The highest BCUT2D eigenvalue weighted by Gasteiger charge is 2.05. The molecule has 0 saturated carbocycles. The van der Waals surface area contributed by atoms with E-state index in [1.807, 2.05) is 18.2 Å². The average molecular weight is 292 g/mol. The molecule has 0 saturated heterocycles. The molecular weight excluding hydrogens is 268 g/mol. The minimum atomic E-state index is 0.112. The number of ketones is 1. The van der Waals surface area contributed by atoms with Crippen LogP contribution in [-0.2, 0) is 6.42 Å². The van der Waals surface area contributed by atoms with Gasteiger partial charge in [0.2, 0.25) is 0 Å². The first-order valence-corrected chi connectivity index (χ1v) is 7.96. The lowest BCUT2D eigenvalue weighted by atomic mass is 9.95. The lowest BCUT2D eigenvalue weighted by Crippen LogP contribution is -1.94. The summed E-state index contributed by atoms with van der Waals surface area (Å²) >= 11 is 0. The van der Waals surface area contributed by atoms with E-state index in [9.17, 15) is 4.79 Å². The molecule has 0 aliphatic carbocycles. The molecule has 0 N–H and O–H groups in total. The van der Waals surface area contributed by atoms with Gasteiger partial charge in [-0.2, -0.15) is 0 Å². The molecule has 1 nitrogen and oxygen atoms in total. The second kappa shape index (κ2) is 7.22. The number of allylic oxidation sites excluding steroid dienone is 1. The number of rotatable bonds is 5. The van der Waals surface area contributed by atoms with E-state index in [0.717, 1.165) is 24.0 Å². The summed E-state index contributed by atoms with van der Waals surface area (Å²) in [5.41, 5.74) is 7.08. The van der Waals surface area contributed by atoms with Gasteiger partial charge in [-0.1, -0.05) is 56.3 Å². The molecule has 0 spiro atoms. The Labute approximate surface area is 133 Å². The summed E-state index contributed by atoms with van der Waals surface area (Å²) in [4.78, 5) is 11.6. The zero-order valence-electron chi connectivity index (χ0n) is 13.9. The topological polar surface area (TPSA) is 17.1 Å². The fourth-order valence-corrected chi connectivity index (χ4v) is 2.58. The fourth-order valence-electron chi connectivity index (χ4n) is 2.58. The van der Waals surface area contributed by atoms with Crippen LogP contribution < -0.4 is 0 Å². The normalized spacial score (nSPS) is 11.5. The molecule has 2 rings (SSSR count). The molecule has 2 aromatic rings. The van der Waals surface area contributed by atoms with Crippen LogP contribution in [-0.4, -0.2) is 5.78 Å². The molecule has 0 aliphatic rings. The van der Waals surface area contributed by atoms with E-state index in [4.69, 9.17) is 0 Å². The predicted octanol–water partition coefficient (Wildman–Crippen LogP) is 5.71.